The number of aryl methyl sites for hydroxylation is 1. The summed E-state index contributed by atoms with van der Waals surface area (Å²) < 4.78 is 5.82. The Morgan fingerprint density at radius 2 is 2.32 bits per heavy atom. The second-order valence-electron chi connectivity index (χ2n) is 5.79. The molecule has 0 spiro atoms. The van der Waals surface area contributed by atoms with Crippen LogP contribution in [0.4, 0.5) is 0 Å². The zero-order valence-corrected chi connectivity index (χ0v) is 14.2. The number of rotatable bonds is 6. The van der Waals surface area contributed by atoms with Crippen molar-refractivity contribution in [3.8, 4) is 5.75 Å². The molecule has 2 N–H and O–H groups in total. The number of benzene rings is 1. The predicted octanol–water partition coefficient (Wildman–Crippen LogP) is 2.69. The highest BCUT2D eigenvalue weighted by atomic mass is 35.5. The zero-order valence-electron chi connectivity index (χ0n) is 13.4. The summed E-state index contributed by atoms with van der Waals surface area (Å²) in [7, 11) is 0. The summed E-state index contributed by atoms with van der Waals surface area (Å²) >= 11 is 0. The quantitative estimate of drug-likeness (QED) is 0.845. The van der Waals surface area contributed by atoms with E-state index in [1.807, 2.05) is 38.1 Å². The van der Waals surface area contributed by atoms with E-state index in [-0.39, 0.29) is 18.3 Å². The summed E-state index contributed by atoms with van der Waals surface area (Å²) in [6.07, 6.45) is 2.63. The molecule has 4 nitrogen and oxygen atoms in total. The fraction of sp³-hybridized carbons (Fsp3) is 0.588. The molecular formula is C17H27ClN2O2. The van der Waals surface area contributed by atoms with Crippen molar-refractivity contribution >= 4 is 18.3 Å². The molecule has 2 atom stereocenters. The van der Waals surface area contributed by atoms with Crippen LogP contribution in [0.2, 0.25) is 0 Å². The lowest BCUT2D eigenvalue weighted by Crippen LogP contribution is -2.43. The summed E-state index contributed by atoms with van der Waals surface area (Å²) in [4.78, 5) is 12.2. The molecule has 1 saturated heterocycles. The molecule has 22 heavy (non-hydrogen) atoms. The predicted molar refractivity (Wildman–Crippen MR) is 91.7 cm³/mol. The number of hydrogen-bond acceptors (Lipinski definition) is 3. The van der Waals surface area contributed by atoms with Gasteiger partial charge in [-0.3, -0.25) is 4.79 Å². The monoisotopic (exact) mass is 326 g/mol. The Morgan fingerprint density at radius 3 is 2.95 bits per heavy atom. The van der Waals surface area contributed by atoms with Crippen LogP contribution in [-0.2, 0) is 4.79 Å². The van der Waals surface area contributed by atoms with Gasteiger partial charge in [0, 0.05) is 6.54 Å². The molecule has 2 unspecified atom stereocenters. The Balaban J connectivity index is 0.00000242. The Hall–Kier alpha value is -1.26. The first-order valence-electron chi connectivity index (χ1n) is 7.90. The molecule has 5 heteroatoms. The fourth-order valence-corrected chi connectivity index (χ4v) is 2.63. The first-order valence-corrected chi connectivity index (χ1v) is 7.90. The van der Waals surface area contributed by atoms with Crippen LogP contribution in [0.15, 0.2) is 24.3 Å². The molecule has 1 fully saturated rings. The van der Waals surface area contributed by atoms with Gasteiger partial charge in [-0.15, -0.1) is 12.4 Å². The smallest absolute Gasteiger partial charge is 0.261 e. The Labute approximate surface area is 139 Å². The van der Waals surface area contributed by atoms with Crippen molar-refractivity contribution in [2.24, 2.45) is 5.92 Å². The maximum absolute atomic E-state index is 12.2. The molecule has 1 amide bonds. The Morgan fingerprint density at radius 1 is 1.50 bits per heavy atom. The van der Waals surface area contributed by atoms with Crippen molar-refractivity contribution in [3.05, 3.63) is 29.8 Å². The number of halogens is 1. The van der Waals surface area contributed by atoms with Crippen LogP contribution in [-0.4, -0.2) is 31.6 Å². The first-order chi connectivity index (χ1) is 10.2. The number of hydrogen-bond donors (Lipinski definition) is 2. The summed E-state index contributed by atoms with van der Waals surface area (Å²) in [5.41, 5.74) is 1.14. The second kappa shape index (κ2) is 9.70. The number of carbonyl (C=O) groups is 1. The molecule has 1 aliphatic rings. The Bertz CT molecular complexity index is 462. The molecule has 124 valence electrons. The van der Waals surface area contributed by atoms with Crippen molar-refractivity contribution < 1.29 is 9.53 Å². The van der Waals surface area contributed by atoms with Crippen LogP contribution in [0, 0.1) is 12.8 Å². The Kier molecular flexibility index (Phi) is 8.28. The number of amides is 1. The van der Waals surface area contributed by atoms with E-state index >= 15 is 0 Å². The maximum Gasteiger partial charge on any atom is 0.261 e. The van der Waals surface area contributed by atoms with E-state index in [1.165, 1.54) is 12.8 Å². The van der Waals surface area contributed by atoms with Crippen LogP contribution >= 0.6 is 12.4 Å². The van der Waals surface area contributed by atoms with E-state index < -0.39 is 6.10 Å². The van der Waals surface area contributed by atoms with Gasteiger partial charge in [-0.25, -0.2) is 0 Å². The molecule has 0 aliphatic carbocycles. The third-order valence-electron chi connectivity index (χ3n) is 3.90. The van der Waals surface area contributed by atoms with Gasteiger partial charge in [0.25, 0.3) is 5.91 Å². The van der Waals surface area contributed by atoms with Gasteiger partial charge in [-0.05, 0) is 62.9 Å². The van der Waals surface area contributed by atoms with Gasteiger partial charge in [-0.2, -0.15) is 0 Å². The van der Waals surface area contributed by atoms with Gasteiger partial charge < -0.3 is 15.4 Å². The normalized spacial score (nSPS) is 18.9. The van der Waals surface area contributed by atoms with Crippen LogP contribution in [0.25, 0.3) is 0 Å². The minimum atomic E-state index is -0.414. The molecular weight excluding hydrogens is 300 g/mol. The number of piperidine rings is 1. The molecule has 0 radical (unpaired) electrons. The summed E-state index contributed by atoms with van der Waals surface area (Å²) in [6.45, 7) is 6.82. The van der Waals surface area contributed by atoms with E-state index in [4.69, 9.17) is 4.74 Å². The van der Waals surface area contributed by atoms with Crippen molar-refractivity contribution in [2.45, 2.75) is 39.2 Å². The van der Waals surface area contributed by atoms with Crippen molar-refractivity contribution in [2.75, 3.05) is 19.6 Å². The molecule has 1 heterocycles. The van der Waals surface area contributed by atoms with E-state index in [0.717, 1.165) is 30.9 Å². The summed E-state index contributed by atoms with van der Waals surface area (Å²) in [5.74, 6) is 1.29. The van der Waals surface area contributed by atoms with Gasteiger partial charge in [0.05, 0.1) is 0 Å². The largest absolute Gasteiger partial charge is 0.481 e. The van der Waals surface area contributed by atoms with Crippen molar-refractivity contribution in [1.29, 1.82) is 0 Å². The highest BCUT2D eigenvalue weighted by Gasteiger charge is 2.20. The van der Waals surface area contributed by atoms with Gasteiger partial charge >= 0.3 is 0 Å². The lowest BCUT2D eigenvalue weighted by Gasteiger charge is -2.24. The molecule has 0 saturated carbocycles. The maximum atomic E-state index is 12.2. The van der Waals surface area contributed by atoms with E-state index in [1.54, 1.807) is 0 Å². The van der Waals surface area contributed by atoms with Gasteiger partial charge in [0.1, 0.15) is 5.75 Å². The SMILES string of the molecule is CCC(Oc1cccc(C)c1)C(=O)NCC1CCCNC1.Cl. The molecule has 2 rings (SSSR count). The van der Waals surface area contributed by atoms with Crippen LogP contribution < -0.4 is 15.4 Å². The third kappa shape index (κ3) is 5.85. The highest BCUT2D eigenvalue weighted by Crippen LogP contribution is 2.15. The average Bonchev–Trinajstić information content (AvgIpc) is 2.51. The number of ether oxygens (including phenoxy) is 1. The van der Waals surface area contributed by atoms with E-state index in [2.05, 4.69) is 10.6 Å². The minimum Gasteiger partial charge on any atom is -0.481 e. The molecule has 1 aromatic rings. The van der Waals surface area contributed by atoms with E-state index in [9.17, 15) is 4.79 Å². The van der Waals surface area contributed by atoms with Gasteiger partial charge in [-0.1, -0.05) is 19.1 Å². The molecule has 1 aliphatic heterocycles. The van der Waals surface area contributed by atoms with Crippen molar-refractivity contribution in [1.82, 2.24) is 10.6 Å². The van der Waals surface area contributed by atoms with Crippen LogP contribution in [0.3, 0.4) is 0 Å². The fourth-order valence-electron chi connectivity index (χ4n) is 2.63. The lowest BCUT2D eigenvalue weighted by atomic mass is 10.00. The standard InChI is InChI=1S/C17H26N2O2.ClH/c1-3-16(21-15-8-4-6-13(2)10-15)17(20)19-12-14-7-5-9-18-11-14;/h4,6,8,10,14,16,18H,3,5,7,9,11-12H2,1-2H3,(H,19,20);1H. The van der Waals surface area contributed by atoms with Gasteiger partial charge in [0.2, 0.25) is 0 Å². The zero-order chi connectivity index (χ0) is 15.1. The first kappa shape index (κ1) is 18.8. The van der Waals surface area contributed by atoms with E-state index in [0.29, 0.717) is 12.3 Å². The minimum absolute atomic E-state index is 0. The average molecular weight is 327 g/mol. The number of carbonyl (C=O) groups excluding carboxylic acids is 1. The van der Waals surface area contributed by atoms with Crippen molar-refractivity contribution in [3.63, 3.8) is 0 Å². The third-order valence-corrected chi connectivity index (χ3v) is 3.90. The van der Waals surface area contributed by atoms with Crippen LogP contribution in [0.5, 0.6) is 5.75 Å². The molecule has 1 aromatic carbocycles. The molecule has 0 aromatic heterocycles. The van der Waals surface area contributed by atoms with Crippen LogP contribution in [0.1, 0.15) is 31.7 Å². The topological polar surface area (TPSA) is 50.4 Å². The summed E-state index contributed by atoms with van der Waals surface area (Å²) in [6, 6.07) is 7.82. The van der Waals surface area contributed by atoms with Gasteiger partial charge in [0.15, 0.2) is 6.10 Å². The lowest BCUT2D eigenvalue weighted by molar-refractivity contribution is -0.128. The summed E-state index contributed by atoms with van der Waals surface area (Å²) in [5, 5.41) is 6.40. The number of nitrogens with one attached hydrogen (secondary N) is 2. The highest BCUT2D eigenvalue weighted by molar-refractivity contribution is 5.85. The molecule has 0 bridgehead atoms. The second-order valence-corrected chi connectivity index (χ2v) is 5.79.